The smallest absolute Gasteiger partial charge is 0.330 e. The van der Waals surface area contributed by atoms with E-state index in [0.29, 0.717) is 0 Å². The van der Waals surface area contributed by atoms with E-state index in [1.807, 2.05) is 0 Å². The third-order valence-electron chi connectivity index (χ3n) is 0.903. The van der Waals surface area contributed by atoms with Crippen molar-refractivity contribution in [1.29, 1.82) is 0 Å². The molecule has 6 nitrogen and oxygen atoms in total. The second-order valence-corrected chi connectivity index (χ2v) is 3.00. The van der Waals surface area contributed by atoms with Crippen molar-refractivity contribution in [3.63, 3.8) is 0 Å². The number of hydrogen-bond donors (Lipinski definition) is 3. The van der Waals surface area contributed by atoms with Crippen LogP contribution in [0.5, 0.6) is 0 Å². The summed E-state index contributed by atoms with van der Waals surface area (Å²) < 4.78 is 25.2. The Kier molecular flexibility index (Phi) is 4.01. The van der Waals surface area contributed by atoms with Crippen LogP contribution in [-0.2, 0) is 15.1 Å². The Balaban J connectivity index is 0.000000187. The minimum Gasteiger partial charge on any atom is -0.356 e. The molecule has 66 valence electrons. The first-order valence-corrected chi connectivity index (χ1v) is 4.42. The van der Waals surface area contributed by atoms with Gasteiger partial charge in [0.2, 0.25) is 5.91 Å². The summed E-state index contributed by atoms with van der Waals surface area (Å²) in [6.45, 7) is 0.888. The number of hydrogen-bond acceptors (Lipinski definition) is 3. The fourth-order valence-corrected chi connectivity index (χ4v) is 0.565. The monoisotopic (exact) mass is 182 g/mol. The minimum atomic E-state index is -4.17. The SMILES string of the molecule is NS(=O)(=O)O.O=C1CCCN1. The molecular weight excluding hydrogens is 172 g/mol. The van der Waals surface area contributed by atoms with Crippen molar-refractivity contribution >= 4 is 16.2 Å². The molecule has 0 spiro atoms. The summed E-state index contributed by atoms with van der Waals surface area (Å²) in [6.07, 6.45) is 1.76. The van der Waals surface area contributed by atoms with Crippen LogP contribution in [0, 0.1) is 0 Å². The molecule has 1 aliphatic rings. The zero-order chi connectivity index (χ0) is 8.91. The van der Waals surface area contributed by atoms with Crippen LogP contribution < -0.4 is 10.5 Å². The Hall–Kier alpha value is -0.660. The van der Waals surface area contributed by atoms with Crippen molar-refractivity contribution < 1.29 is 17.8 Å². The highest BCUT2D eigenvalue weighted by molar-refractivity contribution is 7.83. The lowest BCUT2D eigenvalue weighted by molar-refractivity contribution is -0.119. The van der Waals surface area contributed by atoms with Gasteiger partial charge in [-0.05, 0) is 6.42 Å². The summed E-state index contributed by atoms with van der Waals surface area (Å²) in [5, 5.41) is 6.56. The lowest BCUT2D eigenvalue weighted by atomic mass is 10.4. The highest BCUT2D eigenvalue weighted by atomic mass is 32.2. The molecule has 0 atom stereocenters. The third-order valence-corrected chi connectivity index (χ3v) is 0.903. The van der Waals surface area contributed by atoms with E-state index < -0.39 is 10.3 Å². The van der Waals surface area contributed by atoms with Gasteiger partial charge in [0, 0.05) is 13.0 Å². The van der Waals surface area contributed by atoms with E-state index in [2.05, 4.69) is 10.5 Å². The summed E-state index contributed by atoms with van der Waals surface area (Å²) in [5.74, 6) is 0.204. The topological polar surface area (TPSA) is 109 Å². The van der Waals surface area contributed by atoms with E-state index in [1.54, 1.807) is 0 Å². The molecule has 1 amide bonds. The maximum atomic E-state index is 10.1. The van der Waals surface area contributed by atoms with E-state index in [4.69, 9.17) is 13.0 Å². The Bertz CT molecular complexity index is 206. The molecule has 0 aromatic carbocycles. The van der Waals surface area contributed by atoms with Crippen molar-refractivity contribution in [2.24, 2.45) is 5.14 Å². The van der Waals surface area contributed by atoms with Gasteiger partial charge in [-0.2, -0.15) is 8.42 Å². The highest BCUT2D eigenvalue weighted by Gasteiger charge is 2.05. The van der Waals surface area contributed by atoms with Crippen LogP contribution in [0.2, 0.25) is 0 Å². The summed E-state index contributed by atoms with van der Waals surface area (Å²) in [6, 6.07) is 0. The molecule has 0 radical (unpaired) electrons. The Labute approximate surface area is 64.6 Å². The third kappa shape index (κ3) is 12.5. The van der Waals surface area contributed by atoms with Crippen LogP contribution >= 0.6 is 0 Å². The van der Waals surface area contributed by atoms with Crippen molar-refractivity contribution in [2.75, 3.05) is 6.54 Å². The molecule has 0 unspecified atom stereocenters. The largest absolute Gasteiger partial charge is 0.356 e. The van der Waals surface area contributed by atoms with Gasteiger partial charge in [0.25, 0.3) is 0 Å². The van der Waals surface area contributed by atoms with Gasteiger partial charge in [0.15, 0.2) is 0 Å². The molecule has 0 aliphatic carbocycles. The van der Waals surface area contributed by atoms with Crippen LogP contribution in [0.4, 0.5) is 0 Å². The van der Waals surface area contributed by atoms with E-state index in [1.165, 1.54) is 0 Å². The maximum Gasteiger partial charge on any atom is 0.330 e. The van der Waals surface area contributed by atoms with Crippen LogP contribution in [0.25, 0.3) is 0 Å². The summed E-state index contributed by atoms with van der Waals surface area (Å²) in [5.41, 5.74) is 0. The Morgan fingerprint density at radius 2 is 2.00 bits per heavy atom. The van der Waals surface area contributed by atoms with Gasteiger partial charge in [-0.1, -0.05) is 0 Å². The molecule has 1 saturated heterocycles. The number of nitrogens with two attached hydrogens (primary N) is 1. The molecule has 1 heterocycles. The van der Waals surface area contributed by atoms with Crippen LogP contribution in [-0.4, -0.2) is 25.4 Å². The van der Waals surface area contributed by atoms with Gasteiger partial charge in [-0.25, -0.2) is 5.14 Å². The lowest BCUT2D eigenvalue weighted by Gasteiger charge is -1.80. The van der Waals surface area contributed by atoms with Gasteiger partial charge in [-0.3, -0.25) is 9.35 Å². The van der Waals surface area contributed by atoms with E-state index >= 15 is 0 Å². The molecule has 4 N–H and O–H groups in total. The molecule has 0 aromatic heterocycles. The van der Waals surface area contributed by atoms with Crippen LogP contribution in [0.15, 0.2) is 0 Å². The van der Waals surface area contributed by atoms with E-state index in [-0.39, 0.29) is 5.91 Å². The summed E-state index contributed by atoms with van der Waals surface area (Å²) >= 11 is 0. The number of carbonyl (C=O) groups excluding carboxylic acids is 1. The van der Waals surface area contributed by atoms with Crippen LogP contribution in [0.3, 0.4) is 0 Å². The molecule has 1 rings (SSSR count). The average molecular weight is 182 g/mol. The van der Waals surface area contributed by atoms with Gasteiger partial charge < -0.3 is 5.32 Å². The zero-order valence-electron chi connectivity index (χ0n) is 5.78. The van der Waals surface area contributed by atoms with Crippen molar-refractivity contribution in [3.8, 4) is 0 Å². The maximum absolute atomic E-state index is 10.1. The predicted octanol–water partition coefficient (Wildman–Crippen LogP) is -1.36. The van der Waals surface area contributed by atoms with Crippen molar-refractivity contribution in [3.05, 3.63) is 0 Å². The number of rotatable bonds is 0. The molecule has 7 heteroatoms. The number of nitrogens with one attached hydrogen (secondary N) is 1. The highest BCUT2D eigenvalue weighted by Crippen LogP contribution is 1.93. The number of carbonyl (C=O) groups is 1. The van der Waals surface area contributed by atoms with Gasteiger partial charge in [0.05, 0.1) is 0 Å². The van der Waals surface area contributed by atoms with E-state index in [0.717, 1.165) is 19.4 Å². The summed E-state index contributed by atoms with van der Waals surface area (Å²) in [7, 11) is -4.17. The minimum absolute atomic E-state index is 0.204. The van der Waals surface area contributed by atoms with E-state index in [9.17, 15) is 4.79 Å². The Morgan fingerprint density at radius 1 is 1.55 bits per heavy atom. The molecule has 11 heavy (non-hydrogen) atoms. The van der Waals surface area contributed by atoms with Crippen LogP contribution in [0.1, 0.15) is 12.8 Å². The molecule has 1 aliphatic heterocycles. The molecule has 0 aromatic rings. The first-order valence-electron chi connectivity index (χ1n) is 2.91. The second-order valence-electron chi connectivity index (χ2n) is 1.97. The normalized spacial score (nSPS) is 16.7. The first kappa shape index (κ1) is 10.3. The van der Waals surface area contributed by atoms with Gasteiger partial charge in [-0.15, -0.1) is 0 Å². The van der Waals surface area contributed by atoms with Gasteiger partial charge >= 0.3 is 10.3 Å². The fraction of sp³-hybridized carbons (Fsp3) is 0.750. The lowest BCUT2D eigenvalue weighted by Crippen LogP contribution is -2.12. The average Bonchev–Trinajstić information content (AvgIpc) is 2.12. The fourth-order valence-electron chi connectivity index (χ4n) is 0.565. The zero-order valence-corrected chi connectivity index (χ0v) is 6.60. The standard InChI is InChI=1S/C4H7NO.H3NO3S/c6-4-2-1-3-5-4;1-5(2,3)4/h1-3H2,(H,5,6);(H3,1,2,3,4). The van der Waals surface area contributed by atoms with Crippen molar-refractivity contribution in [2.45, 2.75) is 12.8 Å². The second kappa shape index (κ2) is 4.27. The molecular formula is C4H10N2O4S. The molecule has 0 saturated carbocycles. The molecule has 0 bridgehead atoms. The van der Waals surface area contributed by atoms with Crippen molar-refractivity contribution in [1.82, 2.24) is 5.32 Å². The quantitative estimate of drug-likeness (QED) is 0.402. The summed E-state index contributed by atoms with van der Waals surface area (Å²) in [4.78, 5) is 10.1. The first-order chi connectivity index (χ1) is 4.89. The Morgan fingerprint density at radius 3 is 2.09 bits per heavy atom. The van der Waals surface area contributed by atoms with Gasteiger partial charge in [0.1, 0.15) is 0 Å². The predicted molar refractivity (Wildman–Crippen MR) is 38.0 cm³/mol. The molecule has 1 fully saturated rings. The number of amides is 1.